The van der Waals surface area contributed by atoms with E-state index in [1.165, 1.54) is 0 Å². The van der Waals surface area contributed by atoms with Crippen molar-refractivity contribution in [3.63, 3.8) is 0 Å². The molecule has 2 unspecified atom stereocenters. The average molecular weight is 252 g/mol. The summed E-state index contributed by atoms with van der Waals surface area (Å²) in [5.74, 6) is 0.668. The first-order valence-corrected chi connectivity index (χ1v) is 6.01. The number of nitrogens with two attached hydrogens (primary N) is 1. The van der Waals surface area contributed by atoms with Crippen molar-refractivity contribution in [3.8, 4) is 0 Å². The standard InChI is InChI=1S/C11H16N4OS/c1-16-8-3-2-7(6-8)15-11-9(10(12)17)13-4-5-14-11/h4-5,7-8H,2-3,6H2,1H3,(H2,12,17)(H,14,15). The van der Waals surface area contributed by atoms with Crippen LogP contribution in [-0.4, -0.2) is 34.2 Å². The minimum atomic E-state index is 0.266. The van der Waals surface area contributed by atoms with E-state index in [0.717, 1.165) is 19.3 Å². The number of aromatic nitrogens is 2. The number of anilines is 1. The maximum absolute atomic E-state index is 5.61. The number of nitrogens with zero attached hydrogens (tertiary/aromatic N) is 2. The van der Waals surface area contributed by atoms with Crippen LogP contribution in [0.3, 0.4) is 0 Å². The van der Waals surface area contributed by atoms with Crippen molar-refractivity contribution in [1.82, 2.24) is 9.97 Å². The van der Waals surface area contributed by atoms with Crippen LogP contribution in [0.1, 0.15) is 25.0 Å². The zero-order chi connectivity index (χ0) is 12.3. The molecule has 1 fully saturated rings. The van der Waals surface area contributed by atoms with E-state index in [9.17, 15) is 0 Å². The van der Waals surface area contributed by atoms with Gasteiger partial charge in [0.15, 0.2) is 5.82 Å². The minimum Gasteiger partial charge on any atom is -0.388 e. The van der Waals surface area contributed by atoms with Crippen molar-refractivity contribution in [3.05, 3.63) is 18.1 Å². The lowest BCUT2D eigenvalue weighted by molar-refractivity contribution is 0.108. The quantitative estimate of drug-likeness (QED) is 0.782. The SMILES string of the molecule is COC1CCC(Nc2nccnc2C(N)=S)C1. The Morgan fingerprint density at radius 2 is 2.24 bits per heavy atom. The predicted molar refractivity (Wildman–Crippen MR) is 70.0 cm³/mol. The Bertz CT molecular complexity index is 412. The highest BCUT2D eigenvalue weighted by Gasteiger charge is 2.25. The third kappa shape index (κ3) is 2.89. The molecule has 92 valence electrons. The van der Waals surface area contributed by atoms with Gasteiger partial charge in [-0.15, -0.1) is 0 Å². The summed E-state index contributed by atoms with van der Waals surface area (Å²) >= 11 is 4.95. The molecule has 0 radical (unpaired) electrons. The molecule has 0 aliphatic heterocycles. The number of nitrogens with one attached hydrogen (secondary N) is 1. The molecule has 0 saturated heterocycles. The van der Waals surface area contributed by atoms with Gasteiger partial charge in [0.1, 0.15) is 10.7 Å². The zero-order valence-electron chi connectivity index (χ0n) is 9.72. The molecule has 1 aliphatic carbocycles. The molecule has 2 atom stereocenters. The van der Waals surface area contributed by atoms with Crippen LogP contribution in [0.4, 0.5) is 5.82 Å². The van der Waals surface area contributed by atoms with Gasteiger partial charge in [-0.25, -0.2) is 9.97 Å². The Morgan fingerprint density at radius 3 is 2.88 bits per heavy atom. The fourth-order valence-corrected chi connectivity index (χ4v) is 2.25. The molecule has 0 aromatic carbocycles. The van der Waals surface area contributed by atoms with E-state index in [0.29, 0.717) is 23.7 Å². The lowest BCUT2D eigenvalue weighted by atomic mass is 10.2. The van der Waals surface area contributed by atoms with Crippen LogP contribution >= 0.6 is 12.2 Å². The molecule has 1 aromatic heterocycles. The Labute approximate surface area is 106 Å². The van der Waals surface area contributed by atoms with Crippen LogP contribution in [0.25, 0.3) is 0 Å². The van der Waals surface area contributed by atoms with Gasteiger partial charge >= 0.3 is 0 Å². The van der Waals surface area contributed by atoms with E-state index in [2.05, 4.69) is 15.3 Å². The fraction of sp³-hybridized carbons (Fsp3) is 0.545. The average Bonchev–Trinajstić information content (AvgIpc) is 2.77. The van der Waals surface area contributed by atoms with E-state index in [1.54, 1.807) is 19.5 Å². The summed E-state index contributed by atoms with van der Waals surface area (Å²) in [5, 5.41) is 3.33. The molecular formula is C11H16N4OS. The van der Waals surface area contributed by atoms with E-state index in [1.807, 2.05) is 0 Å². The summed E-state index contributed by atoms with van der Waals surface area (Å²) in [6.45, 7) is 0. The van der Waals surface area contributed by atoms with Gasteiger partial charge in [0.2, 0.25) is 0 Å². The number of thiocarbonyl (C=S) groups is 1. The van der Waals surface area contributed by atoms with Crippen molar-refractivity contribution in [2.24, 2.45) is 5.73 Å². The highest BCUT2D eigenvalue weighted by Crippen LogP contribution is 2.24. The van der Waals surface area contributed by atoms with Gasteiger partial charge in [0.25, 0.3) is 0 Å². The van der Waals surface area contributed by atoms with Gasteiger partial charge in [-0.1, -0.05) is 12.2 Å². The summed E-state index contributed by atoms with van der Waals surface area (Å²) in [6.07, 6.45) is 6.66. The smallest absolute Gasteiger partial charge is 0.155 e. The second-order valence-corrected chi connectivity index (χ2v) is 4.57. The molecule has 1 aromatic rings. The topological polar surface area (TPSA) is 73.1 Å². The Morgan fingerprint density at radius 1 is 1.47 bits per heavy atom. The van der Waals surface area contributed by atoms with Crippen molar-refractivity contribution in [2.75, 3.05) is 12.4 Å². The van der Waals surface area contributed by atoms with E-state index < -0.39 is 0 Å². The predicted octanol–water partition coefficient (Wildman–Crippen LogP) is 1.09. The Hall–Kier alpha value is -1.27. The van der Waals surface area contributed by atoms with Crippen molar-refractivity contribution >= 4 is 23.0 Å². The molecule has 6 heteroatoms. The molecule has 0 spiro atoms. The van der Waals surface area contributed by atoms with Crippen LogP contribution in [-0.2, 0) is 4.74 Å². The van der Waals surface area contributed by atoms with Gasteiger partial charge in [-0.05, 0) is 19.3 Å². The molecule has 5 nitrogen and oxygen atoms in total. The number of rotatable bonds is 4. The number of ether oxygens (including phenoxy) is 1. The summed E-state index contributed by atoms with van der Waals surface area (Å²) in [6, 6.07) is 0.352. The minimum absolute atomic E-state index is 0.266. The van der Waals surface area contributed by atoms with Crippen LogP contribution < -0.4 is 11.1 Å². The van der Waals surface area contributed by atoms with Crippen LogP contribution in [0.15, 0.2) is 12.4 Å². The molecule has 0 amide bonds. The molecule has 1 heterocycles. The summed E-state index contributed by atoms with van der Waals surface area (Å²) < 4.78 is 5.33. The largest absolute Gasteiger partial charge is 0.388 e. The lowest BCUT2D eigenvalue weighted by Gasteiger charge is -2.15. The van der Waals surface area contributed by atoms with Crippen molar-refractivity contribution in [1.29, 1.82) is 0 Å². The van der Waals surface area contributed by atoms with E-state index in [4.69, 9.17) is 22.7 Å². The number of methoxy groups -OCH3 is 1. The summed E-state index contributed by atoms with van der Waals surface area (Å²) in [7, 11) is 1.75. The maximum Gasteiger partial charge on any atom is 0.155 e. The van der Waals surface area contributed by atoms with Crippen LogP contribution in [0.5, 0.6) is 0 Å². The summed E-state index contributed by atoms with van der Waals surface area (Å²) in [5.41, 5.74) is 6.17. The Kier molecular flexibility index (Phi) is 3.86. The van der Waals surface area contributed by atoms with Crippen LogP contribution in [0, 0.1) is 0 Å². The third-order valence-corrected chi connectivity index (χ3v) is 3.18. The fourth-order valence-electron chi connectivity index (χ4n) is 2.10. The van der Waals surface area contributed by atoms with Crippen molar-refractivity contribution in [2.45, 2.75) is 31.4 Å². The van der Waals surface area contributed by atoms with Gasteiger partial charge in [-0.2, -0.15) is 0 Å². The first-order chi connectivity index (χ1) is 8.20. The first-order valence-electron chi connectivity index (χ1n) is 5.61. The third-order valence-electron chi connectivity index (χ3n) is 2.99. The normalized spacial score (nSPS) is 23.6. The summed E-state index contributed by atoms with van der Waals surface area (Å²) in [4.78, 5) is 8.63. The molecule has 1 saturated carbocycles. The highest BCUT2D eigenvalue weighted by atomic mass is 32.1. The number of hydrogen-bond donors (Lipinski definition) is 2. The molecule has 1 aliphatic rings. The highest BCUT2D eigenvalue weighted by molar-refractivity contribution is 7.80. The molecule has 17 heavy (non-hydrogen) atoms. The Balaban J connectivity index is 2.06. The van der Waals surface area contributed by atoms with Crippen molar-refractivity contribution < 1.29 is 4.74 Å². The second kappa shape index (κ2) is 5.37. The van der Waals surface area contributed by atoms with Crippen LogP contribution in [0.2, 0.25) is 0 Å². The van der Waals surface area contributed by atoms with E-state index in [-0.39, 0.29) is 4.99 Å². The first kappa shape index (κ1) is 12.2. The molecule has 3 N–H and O–H groups in total. The maximum atomic E-state index is 5.61. The van der Waals surface area contributed by atoms with Gasteiger partial charge < -0.3 is 15.8 Å². The van der Waals surface area contributed by atoms with Gasteiger partial charge in [-0.3, -0.25) is 0 Å². The lowest BCUT2D eigenvalue weighted by Crippen LogP contribution is -2.22. The van der Waals surface area contributed by atoms with E-state index >= 15 is 0 Å². The molecule has 2 rings (SSSR count). The monoisotopic (exact) mass is 252 g/mol. The zero-order valence-corrected chi connectivity index (χ0v) is 10.5. The molecule has 0 bridgehead atoms. The number of hydrogen-bond acceptors (Lipinski definition) is 5. The van der Waals surface area contributed by atoms with Gasteiger partial charge in [0.05, 0.1) is 6.10 Å². The second-order valence-electron chi connectivity index (χ2n) is 4.13. The van der Waals surface area contributed by atoms with Gasteiger partial charge in [0, 0.05) is 25.5 Å². The molecular weight excluding hydrogens is 236 g/mol.